The van der Waals surface area contributed by atoms with Gasteiger partial charge in [0.05, 0.1) is 10.9 Å². The number of carbonyl (C=O) groups excluding carboxylic acids is 1. The number of Topliss-reactive ketones (excluding diaryl/α,β-unsaturated/α-hetero) is 1. The zero-order valence-corrected chi connectivity index (χ0v) is 18.6. The molecule has 8 nitrogen and oxygen atoms in total. The number of sulfonamides is 1. The molecular weight excluding hydrogens is 468 g/mol. The maximum atomic E-state index is 13.1. The zero-order chi connectivity index (χ0) is 22.6. The smallest absolute Gasteiger partial charge is 0.241 e. The first kappa shape index (κ1) is 23.3. The second-order valence-corrected chi connectivity index (χ2v) is 9.14. The number of tetrazole rings is 1. The molecule has 0 amide bonds. The molecular formula is C19H18Cl2FN5O3S. The molecule has 0 saturated carbocycles. The van der Waals surface area contributed by atoms with E-state index in [1.807, 2.05) is 0 Å². The quantitative estimate of drug-likeness (QED) is 0.499. The second kappa shape index (κ2) is 9.82. The maximum Gasteiger partial charge on any atom is 0.241 e. The van der Waals surface area contributed by atoms with Crippen LogP contribution in [0.25, 0.3) is 0 Å². The predicted molar refractivity (Wildman–Crippen MR) is 113 cm³/mol. The van der Waals surface area contributed by atoms with Crippen LogP contribution < -0.4 is 4.72 Å². The van der Waals surface area contributed by atoms with E-state index in [0.29, 0.717) is 21.4 Å². The molecule has 1 atom stereocenters. The van der Waals surface area contributed by atoms with Gasteiger partial charge in [-0.2, -0.15) is 4.80 Å². The Morgan fingerprint density at radius 2 is 1.81 bits per heavy atom. The summed E-state index contributed by atoms with van der Waals surface area (Å²) in [5.41, 5.74) is 0.634. The molecule has 0 fully saturated rings. The Morgan fingerprint density at radius 3 is 2.42 bits per heavy atom. The summed E-state index contributed by atoms with van der Waals surface area (Å²) in [6.45, 7) is 1.38. The standard InChI is InChI=1S/C19H18Cl2FN5O3S/c1-2-17(25-31(29,30)13-8-6-12(22)7-9-13)18(28)11-27-24-19(23-26-27)10-14-15(20)4-3-5-16(14)21/h3-9,17,25H,2,10-11H2,1H3. The molecule has 3 rings (SSSR count). The van der Waals surface area contributed by atoms with E-state index in [-0.39, 0.29) is 24.3 Å². The zero-order valence-electron chi connectivity index (χ0n) is 16.3. The first-order chi connectivity index (χ1) is 14.7. The van der Waals surface area contributed by atoms with Crippen LogP contribution in [0.3, 0.4) is 0 Å². The number of nitrogens with one attached hydrogen (secondary N) is 1. The molecule has 0 aliphatic rings. The van der Waals surface area contributed by atoms with E-state index in [1.54, 1.807) is 25.1 Å². The fourth-order valence-corrected chi connectivity index (χ4v) is 4.60. The molecule has 12 heteroatoms. The Labute approximate surface area is 188 Å². The first-order valence-corrected chi connectivity index (χ1v) is 11.4. The molecule has 0 saturated heterocycles. The minimum Gasteiger partial charge on any atom is -0.296 e. The normalized spacial score (nSPS) is 12.6. The minimum atomic E-state index is -4.00. The van der Waals surface area contributed by atoms with Gasteiger partial charge in [0.25, 0.3) is 0 Å². The highest BCUT2D eigenvalue weighted by Crippen LogP contribution is 2.25. The molecule has 1 heterocycles. The minimum absolute atomic E-state index is 0.141. The van der Waals surface area contributed by atoms with Gasteiger partial charge in [0, 0.05) is 16.5 Å². The number of hydrogen-bond donors (Lipinski definition) is 1. The number of aromatic nitrogens is 4. The average Bonchev–Trinajstić information content (AvgIpc) is 3.16. The lowest BCUT2D eigenvalue weighted by atomic mass is 10.1. The van der Waals surface area contributed by atoms with Crippen molar-refractivity contribution >= 4 is 39.0 Å². The van der Waals surface area contributed by atoms with E-state index >= 15 is 0 Å². The van der Waals surface area contributed by atoms with Crippen LogP contribution in [0.15, 0.2) is 47.4 Å². The van der Waals surface area contributed by atoms with Crippen LogP contribution in [0.5, 0.6) is 0 Å². The van der Waals surface area contributed by atoms with Crippen molar-refractivity contribution in [3.63, 3.8) is 0 Å². The Balaban J connectivity index is 1.68. The van der Waals surface area contributed by atoms with Crippen molar-refractivity contribution in [3.05, 3.63) is 69.7 Å². The van der Waals surface area contributed by atoms with E-state index in [9.17, 15) is 17.6 Å². The average molecular weight is 486 g/mol. The molecule has 0 radical (unpaired) electrons. The fourth-order valence-electron chi connectivity index (χ4n) is 2.77. The van der Waals surface area contributed by atoms with Gasteiger partial charge < -0.3 is 0 Å². The number of ketones is 1. The Hall–Kier alpha value is -2.40. The van der Waals surface area contributed by atoms with Crippen molar-refractivity contribution in [1.29, 1.82) is 0 Å². The van der Waals surface area contributed by atoms with Gasteiger partial charge in [-0.3, -0.25) is 4.79 Å². The van der Waals surface area contributed by atoms with Crippen LogP contribution >= 0.6 is 23.2 Å². The molecule has 0 bridgehead atoms. The number of nitrogens with zero attached hydrogens (tertiary/aromatic N) is 4. The van der Waals surface area contributed by atoms with E-state index in [4.69, 9.17) is 23.2 Å². The highest BCUT2D eigenvalue weighted by atomic mass is 35.5. The summed E-state index contributed by atoms with van der Waals surface area (Å²) >= 11 is 12.3. The maximum absolute atomic E-state index is 13.1. The molecule has 3 aromatic rings. The summed E-state index contributed by atoms with van der Waals surface area (Å²) in [5.74, 6) is -0.705. The first-order valence-electron chi connectivity index (χ1n) is 9.19. The van der Waals surface area contributed by atoms with Crippen LogP contribution in [0, 0.1) is 5.82 Å². The third-order valence-corrected chi connectivity index (χ3v) is 6.60. The van der Waals surface area contributed by atoms with Gasteiger partial charge >= 0.3 is 0 Å². The van der Waals surface area contributed by atoms with Gasteiger partial charge in [0.15, 0.2) is 11.6 Å². The summed E-state index contributed by atoms with van der Waals surface area (Å²) in [7, 11) is -4.00. The molecule has 2 aromatic carbocycles. The second-order valence-electron chi connectivity index (χ2n) is 6.62. The highest BCUT2D eigenvalue weighted by Gasteiger charge is 2.25. The highest BCUT2D eigenvalue weighted by molar-refractivity contribution is 7.89. The molecule has 1 aromatic heterocycles. The Morgan fingerprint density at radius 1 is 1.16 bits per heavy atom. The van der Waals surface area contributed by atoms with Crippen LogP contribution in [-0.4, -0.2) is 40.5 Å². The van der Waals surface area contributed by atoms with Gasteiger partial charge in [0.2, 0.25) is 10.0 Å². The van der Waals surface area contributed by atoms with Crippen LogP contribution in [0.2, 0.25) is 10.0 Å². The van der Waals surface area contributed by atoms with Crippen molar-refractivity contribution in [2.24, 2.45) is 0 Å². The molecule has 164 valence electrons. The summed E-state index contributed by atoms with van der Waals surface area (Å²) in [5, 5.41) is 12.8. The largest absolute Gasteiger partial charge is 0.296 e. The van der Waals surface area contributed by atoms with Crippen molar-refractivity contribution in [2.75, 3.05) is 0 Å². The lowest BCUT2D eigenvalue weighted by Gasteiger charge is -2.15. The van der Waals surface area contributed by atoms with Gasteiger partial charge in [0.1, 0.15) is 12.4 Å². The van der Waals surface area contributed by atoms with E-state index in [2.05, 4.69) is 20.1 Å². The van der Waals surface area contributed by atoms with E-state index in [0.717, 1.165) is 29.1 Å². The van der Waals surface area contributed by atoms with Gasteiger partial charge in [-0.05, 0) is 53.6 Å². The van der Waals surface area contributed by atoms with Crippen molar-refractivity contribution in [1.82, 2.24) is 24.9 Å². The van der Waals surface area contributed by atoms with Crippen LogP contribution in [0.1, 0.15) is 24.7 Å². The van der Waals surface area contributed by atoms with Crippen LogP contribution in [-0.2, 0) is 27.8 Å². The Bertz CT molecular complexity index is 1170. The van der Waals surface area contributed by atoms with E-state index < -0.39 is 27.7 Å². The lowest BCUT2D eigenvalue weighted by molar-refractivity contribution is -0.121. The topological polar surface area (TPSA) is 107 Å². The molecule has 1 N–H and O–H groups in total. The van der Waals surface area contributed by atoms with Crippen LogP contribution in [0.4, 0.5) is 4.39 Å². The molecule has 0 aliphatic heterocycles. The van der Waals surface area contributed by atoms with Crippen molar-refractivity contribution in [3.8, 4) is 0 Å². The molecule has 0 spiro atoms. The van der Waals surface area contributed by atoms with Gasteiger partial charge in [-0.1, -0.05) is 36.2 Å². The summed E-state index contributed by atoms with van der Waals surface area (Å²) < 4.78 is 40.3. The molecule has 0 aliphatic carbocycles. The van der Waals surface area contributed by atoms with E-state index in [1.165, 1.54) is 0 Å². The third-order valence-electron chi connectivity index (χ3n) is 4.41. The fraction of sp³-hybridized carbons (Fsp3) is 0.263. The summed E-state index contributed by atoms with van der Waals surface area (Å²) in [6, 6.07) is 8.40. The monoisotopic (exact) mass is 485 g/mol. The SMILES string of the molecule is CCC(NS(=O)(=O)c1ccc(F)cc1)C(=O)Cn1nnc(Cc2c(Cl)cccc2Cl)n1. The van der Waals surface area contributed by atoms with Gasteiger partial charge in [-0.15, -0.1) is 10.2 Å². The number of halogens is 3. The third kappa shape index (κ3) is 5.85. The number of benzene rings is 2. The number of carbonyl (C=O) groups is 1. The number of rotatable bonds is 9. The summed E-state index contributed by atoms with van der Waals surface area (Å²) in [6.07, 6.45) is 0.428. The Kier molecular flexibility index (Phi) is 7.37. The lowest BCUT2D eigenvalue weighted by Crippen LogP contribution is -2.42. The van der Waals surface area contributed by atoms with Crippen molar-refractivity contribution in [2.45, 2.75) is 37.2 Å². The predicted octanol–water partition coefficient (Wildman–Crippen LogP) is 3.04. The van der Waals surface area contributed by atoms with Gasteiger partial charge in [-0.25, -0.2) is 17.5 Å². The molecule has 31 heavy (non-hydrogen) atoms. The summed E-state index contributed by atoms with van der Waals surface area (Å²) in [4.78, 5) is 13.6. The number of hydrogen-bond acceptors (Lipinski definition) is 6. The molecule has 1 unspecified atom stereocenters. The van der Waals surface area contributed by atoms with Crippen molar-refractivity contribution < 1.29 is 17.6 Å².